The molecule has 3 rings (SSSR count). The molecule has 3 aromatic carbocycles. The van der Waals surface area contributed by atoms with Crippen molar-refractivity contribution in [3.05, 3.63) is 81.8 Å². The first-order valence-electron chi connectivity index (χ1n) is 6.45. The monoisotopic (exact) mass is 347 g/mol. The number of halogens is 3. The highest BCUT2D eigenvalue weighted by Gasteiger charge is 2.17. The van der Waals surface area contributed by atoms with Crippen LogP contribution in [0.15, 0.2) is 59.1 Å². The van der Waals surface area contributed by atoms with Gasteiger partial charge in [0.1, 0.15) is 11.6 Å². The van der Waals surface area contributed by atoms with Crippen molar-refractivity contribution in [2.75, 3.05) is 0 Å². The van der Waals surface area contributed by atoms with Gasteiger partial charge in [-0.1, -0.05) is 52.3 Å². The van der Waals surface area contributed by atoms with Gasteiger partial charge < -0.3 is 5.73 Å². The van der Waals surface area contributed by atoms with E-state index in [1.54, 1.807) is 36.4 Å². The Balaban J connectivity index is 2.18. The van der Waals surface area contributed by atoms with Gasteiger partial charge in [-0.15, -0.1) is 0 Å². The third kappa shape index (κ3) is 2.57. The van der Waals surface area contributed by atoms with E-state index in [0.29, 0.717) is 26.4 Å². The van der Waals surface area contributed by atoms with Gasteiger partial charge in [0, 0.05) is 15.4 Å². The van der Waals surface area contributed by atoms with E-state index in [1.165, 1.54) is 12.1 Å². The van der Waals surface area contributed by atoms with Crippen LogP contribution in [0.2, 0.25) is 0 Å². The molecule has 0 heterocycles. The smallest absolute Gasteiger partial charge is 0.131 e. The van der Waals surface area contributed by atoms with Crippen molar-refractivity contribution in [3.63, 3.8) is 0 Å². The summed E-state index contributed by atoms with van der Waals surface area (Å²) in [6.07, 6.45) is 0. The fraction of sp³-hybridized carbons (Fsp3) is 0.0588. The average molecular weight is 348 g/mol. The van der Waals surface area contributed by atoms with Gasteiger partial charge in [0.15, 0.2) is 0 Å². The fourth-order valence-electron chi connectivity index (χ4n) is 2.48. The molecule has 0 aromatic heterocycles. The molecule has 2 N–H and O–H groups in total. The largest absolute Gasteiger partial charge is 0.320 e. The average Bonchev–Trinajstić information content (AvgIpc) is 2.47. The maximum atomic E-state index is 14.1. The topological polar surface area (TPSA) is 26.0 Å². The van der Waals surface area contributed by atoms with Crippen molar-refractivity contribution in [1.82, 2.24) is 0 Å². The van der Waals surface area contributed by atoms with Crippen molar-refractivity contribution >= 4 is 26.7 Å². The van der Waals surface area contributed by atoms with Gasteiger partial charge in [-0.2, -0.15) is 0 Å². The normalized spacial score (nSPS) is 12.6. The molecule has 1 nitrogen and oxygen atoms in total. The molecular formula is C17H12BrF2N. The molecule has 0 saturated heterocycles. The van der Waals surface area contributed by atoms with Crippen molar-refractivity contribution < 1.29 is 8.78 Å². The van der Waals surface area contributed by atoms with E-state index < -0.39 is 6.04 Å². The molecule has 1 atom stereocenters. The highest BCUT2D eigenvalue weighted by molar-refractivity contribution is 9.10. The van der Waals surface area contributed by atoms with Crippen molar-refractivity contribution in [3.8, 4) is 0 Å². The van der Waals surface area contributed by atoms with Crippen LogP contribution in [0.4, 0.5) is 8.78 Å². The molecule has 0 aliphatic heterocycles. The van der Waals surface area contributed by atoms with Gasteiger partial charge in [0.05, 0.1) is 6.04 Å². The summed E-state index contributed by atoms with van der Waals surface area (Å²) in [5, 5.41) is 1.19. The summed E-state index contributed by atoms with van der Waals surface area (Å²) < 4.78 is 28.6. The molecule has 0 spiro atoms. The first kappa shape index (κ1) is 14.2. The second-order valence-electron chi connectivity index (χ2n) is 4.83. The van der Waals surface area contributed by atoms with E-state index in [0.717, 1.165) is 0 Å². The number of benzene rings is 3. The number of hydrogen-bond donors (Lipinski definition) is 1. The summed E-state index contributed by atoms with van der Waals surface area (Å²) in [5.41, 5.74) is 7.29. The van der Waals surface area contributed by atoms with Crippen LogP contribution < -0.4 is 5.73 Å². The van der Waals surface area contributed by atoms with E-state index in [9.17, 15) is 8.78 Å². The van der Waals surface area contributed by atoms with E-state index in [-0.39, 0.29) is 11.6 Å². The number of nitrogens with two attached hydrogens (primary N) is 1. The standard InChI is InChI=1S/C17H12BrF2N/c18-10-5-6-14(16(20)9-10)17(21)13-7-8-15(19)12-4-2-1-3-11(12)13/h1-9,17H,21H2. The van der Waals surface area contributed by atoms with E-state index >= 15 is 0 Å². The lowest BCUT2D eigenvalue weighted by Crippen LogP contribution is -2.14. The van der Waals surface area contributed by atoms with Crippen molar-refractivity contribution in [1.29, 1.82) is 0 Å². The Kier molecular flexibility index (Phi) is 3.74. The van der Waals surface area contributed by atoms with Gasteiger partial charge in [-0.25, -0.2) is 8.78 Å². The molecule has 0 fully saturated rings. The Labute approximate surface area is 129 Å². The first-order valence-corrected chi connectivity index (χ1v) is 7.25. The van der Waals surface area contributed by atoms with Crippen molar-refractivity contribution in [2.24, 2.45) is 5.73 Å². The summed E-state index contributed by atoms with van der Waals surface area (Å²) in [5.74, 6) is -0.692. The molecule has 0 saturated carbocycles. The zero-order valence-electron chi connectivity index (χ0n) is 11.0. The summed E-state index contributed by atoms with van der Waals surface area (Å²) >= 11 is 3.22. The second kappa shape index (κ2) is 5.54. The Morgan fingerprint density at radius 3 is 2.19 bits per heavy atom. The minimum Gasteiger partial charge on any atom is -0.320 e. The van der Waals surface area contributed by atoms with Gasteiger partial charge >= 0.3 is 0 Å². The highest BCUT2D eigenvalue weighted by Crippen LogP contribution is 2.30. The van der Waals surface area contributed by atoms with Crippen LogP contribution in [-0.4, -0.2) is 0 Å². The second-order valence-corrected chi connectivity index (χ2v) is 5.74. The van der Waals surface area contributed by atoms with Gasteiger partial charge in [0.25, 0.3) is 0 Å². The van der Waals surface area contributed by atoms with Gasteiger partial charge in [0.2, 0.25) is 0 Å². The Morgan fingerprint density at radius 2 is 1.48 bits per heavy atom. The zero-order valence-corrected chi connectivity index (χ0v) is 12.6. The van der Waals surface area contributed by atoms with Crippen LogP contribution in [0.3, 0.4) is 0 Å². The van der Waals surface area contributed by atoms with E-state index in [1.807, 2.05) is 6.07 Å². The molecule has 0 aliphatic carbocycles. The van der Waals surface area contributed by atoms with Crippen LogP contribution in [0, 0.1) is 11.6 Å². The summed E-state index contributed by atoms with van der Waals surface area (Å²) in [6, 6.07) is 14.2. The van der Waals surface area contributed by atoms with Gasteiger partial charge in [-0.05, 0) is 29.1 Å². The third-order valence-electron chi connectivity index (χ3n) is 3.54. The molecule has 0 amide bonds. The summed E-state index contributed by atoms with van der Waals surface area (Å²) in [7, 11) is 0. The van der Waals surface area contributed by atoms with Crippen LogP contribution in [-0.2, 0) is 0 Å². The number of rotatable bonds is 2. The minimum absolute atomic E-state index is 0.308. The molecule has 106 valence electrons. The maximum Gasteiger partial charge on any atom is 0.131 e. The summed E-state index contributed by atoms with van der Waals surface area (Å²) in [4.78, 5) is 0. The van der Waals surface area contributed by atoms with E-state index in [4.69, 9.17) is 5.73 Å². The SMILES string of the molecule is NC(c1ccc(Br)cc1F)c1ccc(F)c2ccccc12. The van der Waals surface area contributed by atoms with Crippen LogP contribution in [0.5, 0.6) is 0 Å². The molecule has 0 aliphatic rings. The summed E-state index contributed by atoms with van der Waals surface area (Å²) in [6.45, 7) is 0. The first-order chi connectivity index (χ1) is 10.1. The molecule has 0 radical (unpaired) electrons. The van der Waals surface area contributed by atoms with Crippen LogP contribution in [0.1, 0.15) is 17.2 Å². The lowest BCUT2D eigenvalue weighted by molar-refractivity contribution is 0.599. The Hall–Kier alpha value is -1.78. The Morgan fingerprint density at radius 1 is 0.810 bits per heavy atom. The molecular weight excluding hydrogens is 336 g/mol. The van der Waals surface area contributed by atoms with Gasteiger partial charge in [-0.3, -0.25) is 0 Å². The van der Waals surface area contributed by atoms with Crippen molar-refractivity contribution in [2.45, 2.75) is 6.04 Å². The predicted octanol–water partition coefficient (Wildman–Crippen LogP) is 4.93. The quantitative estimate of drug-likeness (QED) is 0.698. The third-order valence-corrected chi connectivity index (χ3v) is 4.03. The van der Waals surface area contributed by atoms with Crippen LogP contribution in [0.25, 0.3) is 10.8 Å². The maximum absolute atomic E-state index is 14.1. The predicted molar refractivity (Wildman–Crippen MR) is 84.0 cm³/mol. The molecule has 1 unspecified atom stereocenters. The molecule has 21 heavy (non-hydrogen) atoms. The minimum atomic E-state index is -0.649. The van der Waals surface area contributed by atoms with E-state index in [2.05, 4.69) is 15.9 Å². The molecule has 4 heteroatoms. The Bertz CT molecular complexity index is 817. The highest BCUT2D eigenvalue weighted by atomic mass is 79.9. The number of hydrogen-bond acceptors (Lipinski definition) is 1. The number of fused-ring (bicyclic) bond motifs is 1. The van der Waals surface area contributed by atoms with Crippen LogP contribution >= 0.6 is 15.9 Å². The fourth-order valence-corrected chi connectivity index (χ4v) is 2.81. The lowest BCUT2D eigenvalue weighted by atomic mass is 9.94. The lowest BCUT2D eigenvalue weighted by Gasteiger charge is -2.16. The molecule has 3 aromatic rings. The molecule has 0 bridgehead atoms. The zero-order chi connectivity index (χ0) is 15.0.